The SMILES string of the molecule is CC(CN1CCOCC1)N(CC(=O)Nc1ccc(S(C)(=O)=O)cc1)Cc1ccccc1. The fraction of sp³-hybridized carbons (Fsp3) is 0.435. The summed E-state index contributed by atoms with van der Waals surface area (Å²) >= 11 is 0. The first-order valence-corrected chi connectivity index (χ1v) is 12.4. The van der Waals surface area contributed by atoms with Crippen molar-refractivity contribution >= 4 is 21.4 Å². The first kappa shape index (κ1) is 23.4. The topological polar surface area (TPSA) is 79.0 Å². The van der Waals surface area contributed by atoms with Crippen molar-refractivity contribution in [1.82, 2.24) is 9.80 Å². The minimum Gasteiger partial charge on any atom is -0.379 e. The Morgan fingerprint density at radius 1 is 1.10 bits per heavy atom. The minimum atomic E-state index is -3.26. The summed E-state index contributed by atoms with van der Waals surface area (Å²) in [4.78, 5) is 17.6. The van der Waals surface area contributed by atoms with Gasteiger partial charge in [-0.3, -0.25) is 14.6 Å². The predicted molar refractivity (Wildman–Crippen MR) is 122 cm³/mol. The van der Waals surface area contributed by atoms with E-state index in [0.29, 0.717) is 12.2 Å². The average molecular weight is 446 g/mol. The van der Waals surface area contributed by atoms with E-state index in [2.05, 4.69) is 34.2 Å². The van der Waals surface area contributed by atoms with Crippen molar-refractivity contribution in [3.63, 3.8) is 0 Å². The molecule has 1 saturated heterocycles. The number of hydrogen-bond acceptors (Lipinski definition) is 6. The summed E-state index contributed by atoms with van der Waals surface area (Å²) in [6.07, 6.45) is 1.16. The van der Waals surface area contributed by atoms with Gasteiger partial charge in [0.15, 0.2) is 9.84 Å². The molecular weight excluding hydrogens is 414 g/mol. The lowest BCUT2D eigenvalue weighted by Gasteiger charge is -2.34. The zero-order valence-electron chi connectivity index (χ0n) is 18.2. The molecule has 1 atom stereocenters. The number of carbonyl (C=O) groups excluding carboxylic acids is 1. The number of sulfone groups is 1. The molecule has 0 saturated carbocycles. The Bertz CT molecular complexity index is 943. The highest BCUT2D eigenvalue weighted by Crippen LogP contribution is 2.15. The van der Waals surface area contributed by atoms with E-state index in [9.17, 15) is 13.2 Å². The molecule has 7 nitrogen and oxygen atoms in total. The molecule has 2 aromatic carbocycles. The van der Waals surface area contributed by atoms with Crippen LogP contribution < -0.4 is 5.32 Å². The van der Waals surface area contributed by atoms with Crippen LogP contribution in [0.4, 0.5) is 5.69 Å². The number of benzene rings is 2. The molecule has 0 spiro atoms. The number of nitrogens with zero attached hydrogens (tertiary/aromatic N) is 2. The summed E-state index contributed by atoms with van der Waals surface area (Å²) in [5.74, 6) is -0.128. The Balaban J connectivity index is 1.65. The first-order valence-electron chi connectivity index (χ1n) is 10.5. The highest BCUT2D eigenvalue weighted by molar-refractivity contribution is 7.90. The predicted octanol–water partition coefficient (Wildman–Crippen LogP) is 2.25. The molecule has 3 rings (SSSR count). The Kier molecular flexibility index (Phi) is 8.20. The molecule has 1 heterocycles. The lowest BCUT2D eigenvalue weighted by atomic mass is 10.1. The van der Waals surface area contributed by atoms with Gasteiger partial charge in [0.25, 0.3) is 0 Å². The van der Waals surface area contributed by atoms with Crippen molar-refractivity contribution in [3.05, 3.63) is 60.2 Å². The van der Waals surface area contributed by atoms with E-state index < -0.39 is 9.84 Å². The van der Waals surface area contributed by atoms with Gasteiger partial charge in [-0.1, -0.05) is 30.3 Å². The molecule has 1 fully saturated rings. The van der Waals surface area contributed by atoms with Crippen LogP contribution in [0.2, 0.25) is 0 Å². The Hall–Kier alpha value is -2.26. The third-order valence-electron chi connectivity index (χ3n) is 5.39. The van der Waals surface area contributed by atoms with Crippen LogP contribution in [0.1, 0.15) is 12.5 Å². The molecule has 1 aliphatic heterocycles. The standard InChI is InChI=1S/C23H31N3O4S/c1-19(16-25-12-14-30-15-13-25)26(17-20-6-4-3-5-7-20)18-23(27)24-21-8-10-22(11-9-21)31(2,28)29/h3-11,19H,12-18H2,1-2H3,(H,24,27). The van der Waals surface area contributed by atoms with E-state index in [0.717, 1.165) is 44.7 Å². The summed E-state index contributed by atoms with van der Waals surface area (Å²) in [6, 6.07) is 16.6. The number of morpholine rings is 1. The van der Waals surface area contributed by atoms with E-state index in [1.165, 1.54) is 12.1 Å². The lowest BCUT2D eigenvalue weighted by molar-refractivity contribution is -0.118. The molecular formula is C23H31N3O4S. The Labute approximate surface area is 184 Å². The van der Waals surface area contributed by atoms with Gasteiger partial charge < -0.3 is 10.1 Å². The van der Waals surface area contributed by atoms with Crippen molar-refractivity contribution in [1.29, 1.82) is 0 Å². The van der Waals surface area contributed by atoms with Gasteiger partial charge in [0.1, 0.15) is 0 Å². The monoisotopic (exact) mass is 445 g/mol. The summed E-state index contributed by atoms with van der Waals surface area (Å²) < 4.78 is 28.7. The highest BCUT2D eigenvalue weighted by Gasteiger charge is 2.21. The van der Waals surface area contributed by atoms with Gasteiger partial charge in [-0.2, -0.15) is 0 Å². The van der Waals surface area contributed by atoms with Crippen LogP contribution >= 0.6 is 0 Å². The number of nitrogens with one attached hydrogen (secondary N) is 1. The van der Waals surface area contributed by atoms with Gasteiger partial charge in [0, 0.05) is 44.2 Å². The van der Waals surface area contributed by atoms with E-state index in [1.807, 2.05) is 18.2 Å². The molecule has 0 bridgehead atoms. The van der Waals surface area contributed by atoms with Crippen LogP contribution in [0.5, 0.6) is 0 Å². The highest BCUT2D eigenvalue weighted by atomic mass is 32.2. The second-order valence-electron chi connectivity index (χ2n) is 8.00. The van der Waals surface area contributed by atoms with Crippen LogP contribution in [-0.4, -0.2) is 75.8 Å². The quantitative estimate of drug-likeness (QED) is 0.638. The smallest absolute Gasteiger partial charge is 0.238 e. The van der Waals surface area contributed by atoms with Gasteiger partial charge in [0.05, 0.1) is 24.7 Å². The van der Waals surface area contributed by atoms with Crippen molar-refractivity contribution in [2.75, 3.05) is 51.0 Å². The van der Waals surface area contributed by atoms with E-state index in [1.54, 1.807) is 12.1 Å². The largest absolute Gasteiger partial charge is 0.379 e. The van der Waals surface area contributed by atoms with Gasteiger partial charge in [-0.05, 0) is 36.8 Å². The second-order valence-corrected chi connectivity index (χ2v) is 10.0. The first-order chi connectivity index (χ1) is 14.8. The molecule has 1 N–H and O–H groups in total. The van der Waals surface area contributed by atoms with Gasteiger partial charge in [0.2, 0.25) is 5.91 Å². The number of anilines is 1. The average Bonchev–Trinajstić information content (AvgIpc) is 2.74. The maximum absolute atomic E-state index is 12.8. The fourth-order valence-electron chi connectivity index (χ4n) is 3.63. The number of amides is 1. The van der Waals surface area contributed by atoms with E-state index in [4.69, 9.17) is 4.74 Å². The van der Waals surface area contributed by atoms with Gasteiger partial charge in [-0.15, -0.1) is 0 Å². The second kappa shape index (κ2) is 10.9. The van der Waals surface area contributed by atoms with Gasteiger partial charge >= 0.3 is 0 Å². The number of rotatable bonds is 9. The Morgan fingerprint density at radius 2 is 1.74 bits per heavy atom. The van der Waals surface area contributed by atoms with Crippen molar-refractivity contribution in [2.24, 2.45) is 0 Å². The summed E-state index contributed by atoms with van der Waals surface area (Å²) in [5, 5.41) is 2.89. The molecule has 0 aromatic heterocycles. The number of hydrogen-bond donors (Lipinski definition) is 1. The van der Waals surface area contributed by atoms with Crippen LogP contribution in [0.3, 0.4) is 0 Å². The van der Waals surface area contributed by atoms with Crippen LogP contribution in [-0.2, 0) is 25.9 Å². The van der Waals surface area contributed by atoms with Crippen molar-refractivity contribution in [3.8, 4) is 0 Å². The summed E-state index contributed by atoms with van der Waals surface area (Å²) in [6.45, 7) is 7.23. The van der Waals surface area contributed by atoms with Crippen LogP contribution in [0.15, 0.2) is 59.5 Å². The Morgan fingerprint density at radius 3 is 2.35 bits per heavy atom. The molecule has 1 unspecified atom stereocenters. The van der Waals surface area contributed by atoms with Gasteiger partial charge in [-0.25, -0.2) is 8.42 Å². The van der Waals surface area contributed by atoms with E-state index >= 15 is 0 Å². The van der Waals surface area contributed by atoms with Crippen LogP contribution in [0.25, 0.3) is 0 Å². The molecule has 1 aliphatic rings. The maximum Gasteiger partial charge on any atom is 0.238 e. The minimum absolute atomic E-state index is 0.128. The zero-order valence-corrected chi connectivity index (χ0v) is 19.0. The molecule has 1 amide bonds. The van der Waals surface area contributed by atoms with Crippen molar-refractivity contribution in [2.45, 2.75) is 24.4 Å². The molecule has 0 radical (unpaired) electrons. The van der Waals surface area contributed by atoms with Crippen molar-refractivity contribution < 1.29 is 17.9 Å². The molecule has 2 aromatic rings. The number of carbonyl (C=O) groups is 1. The molecule has 0 aliphatic carbocycles. The normalized spacial score (nSPS) is 16.2. The molecule has 168 valence electrons. The zero-order chi connectivity index (χ0) is 22.3. The lowest BCUT2D eigenvalue weighted by Crippen LogP contribution is -2.47. The fourth-order valence-corrected chi connectivity index (χ4v) is 4.26. The number of ether oxygens (including phenoxy) is 1. The summed E-state index contributed by atoms with van der Waals surface area (Å²) in [5.41, 5.74) is 1.74. The third-order valence-corrected chi connectivity index (χ3v) is 6.52. The summed E-state index contributed by atoms with van der Waals surface area (Å²) in [7, 11) is -3.26. The molecule has 31 heavy (non-hydrogen) atoms. The molecule has 8 heteroatoms. The van der Waals surface area contributed by atoms with E-state index in [-0.39, 0.29) is 23.4 Å². The third kappa shape index (κ3) is 7.43. The maximum atomic E-state index is 12.8. The van der Waals surface area contributed by atoms with Crippen LogP contribution in [0, 0.1) is 0 Å².